The summed E-state index contributed by atoms with van der Waals surface area (Å²) < 4.78 is 36.2. The summed E-state index contributed by atoms with van der Waals surface area (Å²) in [5.74, 6) is -0.477. The summed E-state index contributed by atoms with van der Waals surface area (Å²) in [4.78, 5) is 23.8. The zero-order chi connectivity index (χ0) is 14.8. The summed E-state index contributed by atoms with van der Waals surface area (Å²) in [5, 5.41) is 2.20. The second kappa shape index (κ2) is 5.53. The van der Waals surface area contributed by atoms with Crippen LogP contribution in [0.1, 0.15) is 15.4 Å². The number of hydrogen-bond donors (Lipinski definition) is 1. The van der Waals surface area contributed by atoms with Gasteiger partial charge in [0.05, 0.1) is 5.69 Å². The molecular weight excluding hydrogens is 293 g/mol. The average Bonchev–Trinajstić information content (AvgIpc) is 2.78. The molecule has 20 heavy (non-hydrogen) atoms. The molecule has 0 saturated carbocycles. The number of nitrogens with zero attached hydrogens (tertiary/aromatic N) is 3. The molecule has 0 atom stereocenters. The van der Waals surface area contributed by atoms with Gasteiger partial charge in [0.1, 0.15) is 11.4 Å². The second-order valence-electron chi connectivity index (χ2n) is 3.80. The molecule has 0 aliphatic heterocycles. The van der Waals surface area contributed by atoms with E-state index in [0.29, 0.717) is 16.5 Å². The number of rotatable bonds is 3. The highest BCUT2D eigenvalue weighted by atomic mass is 32.1. The first-order chi connectivity index (χ1) is 9.37. The van der Waals surface area contributed by atoms with Crippen LogP contribution in [0.5, 0.6) is 0 Å². The Labute approximate surface area is 115 Å². The summed E-state index contributed by atoms with van der Waals surface area (Å²) in [6.07, 6.45) is -1.41. The van der Waals surface area contributed by atoms with Gasteiger partial charge in [-0.05, 0) is 13.0 Å². The van der Waals surface area contributed by atoms with Gasteiger partial charge in [0.15, 0.2) is 10.8 Å². The van der Waals surface area contributed by atoms with Gasteiger partial charge < -0.3 is 5.32 Å². The Morgan fingerprint density at radius 3 is 2.60 bits per heavy atom. The lowest BCUT2D eigenvalue weighted by Gasteiger charge is -2.07. The monoisotopic (exact) mass is 302 g/mol. The maximum absolute atomic E-state index is 12.1. The summed E-state index contributed by atoms with van der Waals surface area (Å²) in [6.45, 7) is 0.172. The lowest BCUT2D eigenvalue weighted by atomic mass is 10.3. The minimum Gasteiger partial charge on any atom is -0.342 e. The van der Waals surface area contributed by atoms with Crippen LogP contribution in [0.4, 0.5) is 13.2 Å². The van der Waals surface area contributed by atoms with E-state index in [2.05, 4.69) is 15.0 Å². The Morgan fingerprint density at radius 2 is 2.00 bits per heavy atom. The van der Waals surface area contributed by atoms with E-state index in [1.165, 1.54) is 12.4 Å². The van der Waals surface area contributed by atoms with Crippen LogP contribution >= 0.6 is 11.3 Å². The SMILES string of the molecule is Cc1nc(-c2ncccn2)sc1C(=O)NCC(F)(F)F. The summed E-state index contributed by atoms with van der Waals surface area (Å²) >= 11 is 0.956. The standard InChI is InChI=1S/C11H9F3N4OS/c1-6-7(9(19)17-5-11(12,13)14)20-10(18-6)8-15-3-2-4-16-8/h2-4H,5H2,1H3,(H,17,19). The van der Waals surface area contributed by atoms with Gasteiger partial charge >= 0.3 is 6.18 Å². The Kier molecular flexibility index (Phi) is 3.98. The number of amides is 1. The van der Waals surface area contributed by atoms with E-state index in [0.717, 1.165) is 11.3 Å². The van der Waals surface area contributed by atoms with E-state index in [1.54, 1.807) is 13.0 Å². The molecule has 0 unspecified atom stereocenters. The quantitative estimate of drug-likeness (QED) is 0.944. The van der Waals surface area contributed by atoms with Crippen LogP contribution in [0.3, 0.4) is 0 Å². The van der Waals surface area contributed by atoms with Crippen molar-refractivity contribution in [2.24, 2.45) is 0 Å². The summed E-state index contributed by atoms with van der Waals surface area (Å²) in [7, 11) is 0. The van der Waals surface area contributed by atoms with Gasteiger partial charge in [-0.3, -0.25) is 4.79 Å². The maximum Gasteiger partial charge on any atom is 0.405 e. The topological polar surface area (TPSA) is 67.8 Å². The largest absolute Gasteiger partial charge is 0.405 e. The van der Waals surface area contributed by atoms with E-state index in [9.17, 15) is 18.0 Å². The Hall–Kier alpha value is -2.03. The first kappa shape index (κ1) is 14.4. The fraction of sp³-hybridized carbons (Fsp3) is 0.273. The number of halogens is 3. The van der Waals surface area contributed by atoms with Crippen LogP contribution in [0.2, 0.25) is 0 Å². The molecule has 5 nitrogen and oxygen atoms in total. The van der Waals surface area contributed by atoms with Crippen molar-refractivity contribution in [3.63, 3.8) is 0 Å². The Morgan fingerprint density at radius 1 is 1.35 bits per heavy atom. The molecule has 2 aromatic rings. The molecule has 0 aromatic carbocycles. The molecule has 1 amide bonds. The highest BCUT2D eigenvalue weighted by Gasteiger charge is 2.29. The lowest BCUT2D eigenvalue weighted by molar-refractivity contribution is -0.123. The molecule has 9 heteroatoms. The number of alkyl halides is 3. The first-order valence-corrected chi connectivity index (χ1v) is 6.28. The zero-order valence-electron chi connectivity index (χ0n) is 10.2. The van der Waals surface area contributed by atoms with Crippen LogP contribution in [0.15, 0.2) is 18.5 Å². The van der Waals surface area contributed by atoms with Crippen molar-refractivity contribution in [2.75, 3.05) is 6.54 Å². The first-order valence-electron chi connectivity index (χ1n) is 5.46. The van der Waals surface area contributed by atoms with Gasteiger partial charge in [-0.1, -0.05) is 0 Å². The third-order valence-electron chi connectivity index (χ3n) is 2.21. The maximum atomic E-state index is 12.1. The molecule has 0 aliphatic rings. The summed E-state index contributed by atoms with van der Waals surface area (Å²) in [6, 6.07) is 1.63. The number of thiazole rings is 1. The molecule has 0 spiro atoms. The predicted molar refractivity (Wildman–Crippen MR) is 66.3 cm³/mol. The predicted octanol–water partition coefficient (Wildman–Crippen LogP) is 2.20. The van der Waals surface area contributed by atoms with E-state index in [-0.39, 0.29) is 4.88 Å². The highest BCUT2D eigenvalue weighted by molar-refractivity contribution is 7.17. The van der Waals surface area contributed by atoms with Crippen LogP contribution in [-0.4, -0.2) is 33.6 Å². The molecule has 2 aromatic heterocycles. The van der Waals surface area contributed by atoms with Crippen molar-refractivity contribution in [3.8, 4) is 10.8 Å². The number of hydrogen-bond acceptors (Lipinski definition) is 5. The highest BCUT2D eigenvalue weighted by Crippen LogP contribution is 2.25. The number of carbonyl (C=O) groups is 1. The summed E-state index contributed by atoms with van der Waals surface area (Å²) in [5.41, 5.74) is 0.345. The van der Waals surface area contributed by atoms with E-state index < -0.39 is 18.6 Å². The second-order valence-corrected chi connectivity index (χ2v) is 4.80. The molecule has 106 valence electrons. The van der Waals surface area contributed by atoms with Crippen molar-refractivity contribution in [2.45, 2.75) is 13.1 Å². The Bertz CT molecular complexity index is 612. The van der Waals surface area contributed by atoms with Crippen molar-refractivity contribution in [3.05, 3.63) is 29.0 Å². The van der Waals surface area contributed by atoms with Gasteiger partial charge in [0, 0.05) is 12.4 Å². The minimum atomic E-state index is -4.44. The molecule has 2 rings (SSSR count). The van der Waals surface area contributed by atoms with Crippen molar-refractivity contribution in [1.29, 1.82) is 0 Å². The normalized spacial score (nSPS) is 11.4. The van der Waals surface area contributed by atoms with Crippen LogP contribution < -0.4 is 5.32 Å². The number of nitrogens with one attached hydrogen (secondary N) is 1. The molecule has 0 radical (unpaired) electrons. The molecule has 1 N–H and O–H groups in total. The molecule has 0 saturated heterocycles. The van der Waals surface area contributed by atoms with Gasteiger partial charge in [0.25, 0.3) is 5.91 Å². The van der Waals surface area contributed by atoms with Crippen LogP contribution in [-0.2, 0) is 0 Å². The molecular formula is C11H9F3N4OS. The fourth-order valence-corrected chi connectivity index (χ4v) is 2.30. The zero-order valence-corrected chi connectivity index (χ0v) is 11.0. The van der Waals surface area contributed by atoms with Crippen LogP contribution in [0.25, 0.3) is 10.8 Å². The fourth-order valence-electron chi connectivity index (χ4n) is 1.37. The van der Waals surface area contributed by atoms with Gasteiger partial charge in [-0.15, -0.1) is 11.3 Å². The van der Waals surface area contributed by atoms with Crippen molar-refractivity contribution in [1.82, 2.24) is 20.3 Å². The lowest BCUT2D eigenvalue weighted by Crippen LogP contribution is -2.33. The number of aromatic nitrogens is 3. The smallest absolute Gasteiger partial charge is 0.342 e. The van der Waals surface area contributed by atoms with E-state index >= 15 is 0 Å². The van der Waals surface area contributed by atoms with Gasteiger partial charge in [0.2, 0.25) is 0 Å². The third-order valence-corrected chi connectivity index (χ3v) is 3.36. The van der Waals surface area contributed by atoms with Crippen LogP contribution in [0, 0.1) is 6.92 Å². The number of aryl methyl sites for hydroxylation is 1. The molecule has 2 heterocycles. The van der Waals surface area contributed by atoms with E-state index in [1.807, 2.05) is 5.32 Å². The van der Waals surface area contributed by atoms with E-state index in [4.69, 9.17) is 0 Å². The Balaban J connectivity index is 2.18. The average molecular weight is 302 g/mol. The minimum absolute atomic E-state index is 0.122. The molecule has 0 bridgehead atoms. The molecule has 0 fully saturated rings. The van der Waals surface area contributed by atoms with Gasteiger partial charge in [-0.2, -0.15) is 13.2 Å². The van der Waals surface area contributed by atoms with Crippen molar-refractivity contribution < 1.29 is 18.0 Å². The van der Waals surface area contributed by atoms with Gasteiger partial charge in [-0.25, -0.2) is 15.0 Å². The number of carbonyl (C=O) groups excluding carboxylic acids is 1. The third kappa shape index (κ3) is 3.50. The molecule has 0 aliphatic carbocycles. The van der Waals surface area contributed by atoms with Crippen molar-refractivity contribution >= 4 is 17.2 Å².